The van der Waals surface area contributed by atoms with Gasteiger partial charge in [0.1, 0.15) is 12.2 Å². The van der Waals surface area contributed by atoms with E-state index in [1.807, 2.05) is 24.3 Å². The van der Waals surface area contributed by atoms with Crippen LogP contribution in [0.25, 0.3) is 0 Å². The van der Waals surface area contributed by atoms with E-state index in [4.69, 9.17) is 4.74 Å². The summed E-state index contributed by atoms with van der Waals surface area (Å²) in [4.78, 5) is 23.8. The van der Waals surface area contributed by atoms with Crippen LogP contribution in [0.2, 0.25) is 0 Å². The van der Waals surface area contributed by atoms with Crippen LogP contribution in [0.5, 0.6) is 5.75 Å². The van der Waals surface area contributed by atoms with Gasteiger partial charge in [-0.1, -0.05) is 25.5 Å². The molecular formula is C20H21Br2N3O3. The summed E-state index contributed by atoms with van der Waals surface area (Å²) in [6.07, 6.45) is 3.25. The molecule has 0 aliphatic carbocycles. The standard InChI is InChI=1S/C20H21Br2N3O3/c1-2-3-10-28-18-9-8-14(11-16(18)22)13-23-25-20(27)12-19(26)24-17-7-5-4-6-15(17)21/h4-9,11,13H,2-3,10,12H2,1H3,(H,24,26)(H,25,27). The normalized spacial score (nSPS) is 10.7. The third kappa shape index (κ3) is 7.44. The zero-order valence-electron chi connectivity index (χ0n) is 15.4. The molecule has 6 nitrogen and oxygen atoms in total. The lowest BCUT2D eigenvalue weighted by atomic mass is 10.2. The van der Waals surface area contributed by atoms with Crippen LogP contribution in [-0.2, 0) is 9.59 Å². The van der Waals surface area contributed by atoms with Crippen molar-refractivity contribution in [2.75, 3.05) is 11.9 Å². The van der Waals surface area contributed by atoms with E-state index in [0.717, 1.165) is 33.1 Å². The zero-order chi connectivity index (χ0) is 20.4. The summed E-state index contributed by atoms with van der Waals surface area (Å²) in [5.41, 5.74) is 3.74. The Morgan fingerprint density at radius 2 is 1.89 bits per heavy atom. The molecule has 148 valence electrons. The molecule has 2 aromatic rings. The number of rotatable bonds is 9. The Labute approximate surface area is 181 Å². The van der Waals surface area contributed by atoms with Crippen molar-refractivity contribution in [2.24, 2.45) is 5.10 Å². The summed E-state index contributed by atoms with van der Waals surface area (Å²) >= 11 is 6.79. The van der Waals surface area contributed by atoms with Crippen LogP contribution < -0.4 is 15.5 Å². The van der Waals surface area contributed by atoms with Crippen molar-refractivity contribution in [1.29, 1.82) is 0 Å². The van der Waals surface area contributed by atoms with E-state index in [0.29, 0.717) is 12.3 Å². The number of anilines is 1. The lowest BCUT2D eigenvalue weighted by Crippen LogP contribution is -2.24. The molecule has 0 bridgehead atoms. The maximum atomic E-state index is 11.9. The summed E-state index contributed by atoms with van der Waals surface area (Å²) in [6, 6.07) is 12.7. The van der Waals surface area contributed by atoms with Crippen molar-refractivity contribution in [3.05, 3.63) is 57.0 Å². The highest BCUT2D eigenvalue weighted by molar-refractivity contribution is 9.11. The summed E-state index contributed by atoms with van der Waals surface area (Å²) in [5.74, 6) is -0.159. The van der Waals surface area contributed by atoms with Gasteiger partial charge in [-0.15, -0.1) is 0 Å². The predicted molar refractivity (Wildman–Crippen MR) is 118 cm³/mol. The summed E-state index contributed by atoms with van der Waals surface area (Å²) in [6.45, 7) is 2.77. The van der Waals surface area contributed by atoms with Gasteiger partial charge in [-0.2, -0.15) is 5.10 Å². The Kier molecular flexibility index (Phi) is 9.16. The Morgan fingerprint density at radius 1 is 1.11 bits per heavy atom. The number of benzene rings is 2. The van der Waals surface area contributed by atoms with Crippen molar-refractivity contribution >= 4 is 55.6 Å². The number of halogens is 2. The first kappa shape index (κ1) is 22.1. The molecule has 28 heavy (non-hydrogen) atoms. The van der Waals surface area contributed by atoms with Crippen LogP contribution in [0.4, 0.5) is 5.69 Å². The molecule has 0 spiro atoms. The molecule has 0 aromatic heterocycles. The fourth-order valence-electron chi connectivity index (χ4n) is 2.16. The molecule has 0 radical (unpaired) electrons. The number of hydrogen-bond acceptors (Lipinski definition) is 4. The summed E-state index contributed by atoms with van der Waals surface area (Å²) in [7, 11) is 0. The SMILES string of the molecule is CCCCOc1ccc(C=NNC(=O)CC(=O)Nc2ccccc2Br)cc1Br. The number of para-hydroxylation sites is 1. The van der Waals surface area contributed by atoms with E-state index in [1.54, 1.807) is 18.2 Å². The average molecular weight is 511 g/mol. The number of carbonyl (C=O) groups is 2. The number of unbranched alkanes of at least 4 members (excludes halogenated alkanes) is 1. The molecule has 0 saturated heterocycles. The van der Waals surface area contributed by atoms with Crippen LogP contribution in [0, 0.1) is 0 Å². The number of carbonyl (C=O) groups excluding carboxylic acids is 2. The molecule has 0 aliphatic rings. The van der Waals surface area contributed by atoms with Crippen LogP contribution in [0.1, 0.15) is 31.7 Å². The average Bonchev–Trinajstić information content (AvgIpc) is 2.65. The van der Waals surface area contributed by atoms with Crippen molar-refractivity contribution in [3.8, 4) is 5.75 Å². The maximum absolute atomic E-state index is 11.9. The maximum Gasteiger partial charge on any atom is 0.249 e. The fourth-order valence-corrected chi connectivity index (χ4v) is 3.06. The number of nitrogens with zero attached hydrogens (tertiary/aromatic N) is 1. The van der Waals surface area contributed by atoms with Crippen LogP contribution in [-0.4, -0.2) is 24.6 Å². The van der Waals surface area contributed by atoms with Crippen molar-refractivity contribution in [1.82, 2.24) is 5.43 Å². The molecule has 2 N–H and O–H groups in total. The largest absolute Gasteiger partial charge is 0.492 e. The first-order valence-electron chi connectivity index (χ1n) is 8.78. The molecule has 2 amide bonds. The van der Waals surface area contributed by atoms with E-state index in [9.17, 15) is 9.59 Å². The molecular weight excluding hydrogens is 490 g/mol. The van der Waals surface area contributed by atoms with Gasteiger partial charge < -0.3 is 10.1 Å². The number of amides is 2. The lowest BCUT2D eigenvalue weighted by molar-refractivity contribution is -0.126. The molecule has 0 atom stereocenters. The first-order valence-corrected chi connectivity index (χ1v) is 10.4. The number of ether oxygens (including phenoxy) is 1. The molecule has 0 heterocycles. The number of hydrazone groups is 1. The quantitative estimate of drug-likeness (QED) is 0.218. The second-order valence-electron chi connectivity index (χ2n) is 5.89. The minimum Gasteiger partial charge on any atom is -0.492 e. The molecule has 0 aliphatic heterocycles. The second-order valence-corrected chi connectivity index (χ2v) is 7.60. The lowest BCUT2D eigenvalue weighted by Gasteiger charge is -2.08. The number of hydrogen-bond donors (Lipinski definition) is 2. The van der Waals surface area contributed by atoms with Crippen molar-refractivity contribution in [3.63, 3.8) is 0 Å². The van der Waals surface area contributed by atoms with Gasteiger partial charge in [0.25, 0.3) is 0 Å². The minimum atomic E-state index is -0.501. The van der Waals surface area contributed by atoms with E-state index in [1.165, 1.54) is 6.21 Å². The minimum absolute atomic E-state index is 0.327. The van der Waals surface area contributed by atoms with Crippen LogP contribution in [0.3, 0.4) is 0 Å². The smallest absolute Gasteiger partial charge is 0.249 e. The molecule has 8 heteroatoms. The molecule has 0 unspecified atom stereocenters. The van der Waals surface area contributed by atoms with Gasteiger partial charge in [-0.05, 0) is 74.2 Å². The van der Waals surface area contributed by atoms with Gasteiger partial charge >= 0.3 is 0 Å². The third-order valence-electron chi connectivity index (χ3n) is 3.58. The predicted octanol–water partition coefficient (Wildman–Crippen LogP) is 4.87. The van der Waals surface area contributed by atoms with Crippen molar-refractivity contribution < 1.29 is 14.3 Å². The molecule has 2 rings (SSSR count). The summed E-state index contributed by atoms with van der Waals surface area (Å²) < 4.78 is 7.22. The van der Waals surface area contributed by atoms with E-state index in [2.05, 4.69) is 54.6 Å². The summed E-state index contributed by atoms with van der Waals surface area (Å²) in [5, 5.41) is 6.56. The van der Waals surface area contributed by atoms with Crippen LogP contribution >= 0.6 is 31.9 Å². The van der Waals surface area contributed by atoms with Gasteiger partial charge in [-0.3, -0.25) is 9.59 Å². The molecule has 0 fully saturated rings. The highest BCUT2D eigenvalue weighted by Crippen LogP contribution is 2.25. The van der Waals surface area contributed by atoms with E-state index in [-0.39, 0.29) is 6.42 Å². The highest BCUT2D eigenvalue weighted by Gasteiger charge is 2.10. The zero-order valence-corrected chi connectivity index (χ0v) is 18.5. The first-order chi connectivity index (χ1) is 13.5. The van der Waals surface area contributed by atoms with Gasteiger partial charge in [0, 0.05) is 4.47 Å². The molecule has 2 aromatic carbocycles. The third-order valence-corrected chi connectivity index (χ3v) is 4.89. The van der Waals surface area contributed by atoms with E-state index >= 15 is 0 Å². The Morgan fingerprint density at radius 3 is 2.61 bits per heavy atom. The van der Waals surface area contributed by atoms with Gasteiger partial charge in [-0.25, -0.2) is 5.43 Å². The highest BCUT2D eigenvalue weighted by atomic mass is 79.9. The Bertz CT molecular complexity index is 856. The molecule has 0 saturated carbocycles. The van der Waals surface area contributed by atoms with Crippen molar-refractivity contribution in [2.45, 2.75) is 26.2 Å². The second kappa shape index (κ2) is 11.6. The van der Waals surface area contributed by atoms with Gasteiger partial charge in [0.15, 0.2) is 0 Å². The van der Waals surface area contributed by atoms with Gasteiger partial charge in [0.2, 0.25) is 11.8 Å². The van der Waals surface area contributed by atoms with E-state index < -0.39 is 11.8 Å². The van der Waals surface area contributed by atoms with Crippen LogP contribution in [0.15, 0.2) is 56.5 Å². The topological polar surface area (TPSA) is 79.8 Å². The Balaban J connectivity index is 1.81. The Hall–Kier alpha value is -2.19. The fraction of sp³-hybridized carbons (Fsp3) is 0.250. The van der Waals surface area contributed by atoms with Gasteiger partial charge in [0.05, 0.1) is 23.0 Å². The monoisotopic (exact) mass is 509 g/mol. The number of nitrogens with one attached hydrogen (secondary N) is 2.